The summed E-state index contributed by atoms with van der Waals surface area (Å²) < 4.78 is 0. The van der Waals surface area contributed by atoms with E-state index >= 15 is 0 Å². The third kappa shape index (κ3) is 5.92. The Morgan fingerprint density at radius 2 is 1.73 bits per heavy atom. The van der Waals surface area contributed by atoms with Crippen LogP contribution in [0, 0.1) is 19.8 Å². The highest BCUT2D eigenvalue weighted by molar-refractivity contribution is 5.96. The molecule has 2 amide bonds. The molecule has 3 rings (SSSR count). The molecule has 1 unspecified atom stereocenters. The van der Waals surface area contributed by atoms with Crippen molar-refractivity contribution in [2.24, 2.45) is 5.92 Å². The number of piperidine rings is 1. The molecule has 1 fully saturated rings. The van der Waals surface area contributed by atoms with Crippen molar-refractivity contribution < 1.29 is 9.59 Å². The maximum absolute atomic E-state index is 13.0. The van der Waals surface area contributed by atoms with E-state index in [1.54, 1.807) is 0 Å². The van der Waals surface area contributed by atoms with E-state index in [0.29, 0.717) is 18.7 Å². The van der Waals surface area contributed by atoms with Gasteiger partial charge in [-0.15, -0.1) is 0 Å². The summed E-state index contributed by atoms with van der Waals surface area (Å²) >= 11 is 0. The lowest BCUT2D eigenvalue weighted by atomic mass is 9.96. The molecule has 0 saturated carbocycles. The number of anilines is 1. The SMILES string of the molecule is Cc1cc(C)cc(C(=O)N2CCCC(C(=O)Nc3ccc(CCN(C)C)cc3)C2)c1. The number of hydrogen-bond donors (Lipinski definition) is 1. The summed E-state index contributed by atoms with van der Waals surface area (Å²) in [4.78, 5) is 29.8. The summed E-state index contributed by atoms with van der Waals surface area (Å²) in [5.74, 6) is -0.166. The molecule has 1 heterocycles. The van der Waals surface area contributed by atoms with Crippen LogP contribution in [0.15, 0.2) is 42.5 Å². The van der Waals surface area contributed by atoms with E-state index in [-0.39, 0.29) is 17.7 Å². The summed E-state index contributed by atoms with van der Waals surface area (Å²) in [5, 5.41) is 3.03. The third-order valence-electron chi connectivity index (χ3n) is 5.62. The van der Waals surface area contributed by atoms with E-state index in [1.807, 2.05) is 43.0 Å². The molecule has 5 heteroatoms. The minimum Gasteiger partial charge on any atom is -0.338 e. The molecule has 1 N–H and O–H groups in total. The highest BCUT2D eigenvalue weighted by atomic mass is 16.2. The molecule has 2 aromatic rings. The number of carbonyl (C=O) groups excluding carboxylic acids is 2. The number of aryl methyl sites for hydroxylation is 2. The first-order valence-corrected chi connectivity index (χ1v) is 10.7. The second kappa shape index (κ2) is 9.90. The molecule has 30 heavy (non-hydrogen) atoms. The van der Waals surface area contributed by atoms with Crippen LogP contribution in [-0.2, 0) is 11.2 Å². The van der Waals surface area contributed by atoms with Gasteiger partial charge in [-0.1, -0.05) is 29.3 Å². The Labute approximate surface area is 180 Å². The molecule has 5 nitrogen and oxygen atoms in total. The van der Waals surface area contributed by atoms with Crippen molar-refractivity contribution in [1.29, 1.82) is 0 Å². The van der Waals surface area contributed by atoms with Gasteiger partial charge in [-0.3, -0.25) is 9.59 Å². The molecule has 1 saturated heterocycles. The smallest absolute Gasteiger partial charge is 0.253 e. The molecule has 1 atom stereocenters. The number of likely N-dealkylation sites (N-methyl/N-ethyl adjacent to an activating group) is 1. The van der Waals surface area contributed by atoms with Gasteiger partial charge in [-0.05, 0) is 77.0 Å². The maximum atomic E-state index is 13.0. The third-order valence-corrected chi connectivity index (χ3v) is 5.62. The van der Waals surface area contributed by atoms with E-state index in [9.17, 15) is 9.59 Å². The summed E-state index contributed by atoms with van der Waals surface area (Å²) in [6.45, 7) is 6.18. The lowest BCUT2D eigenvalue weighted by Crippen LogP contribution is -2.43. The minimum atomic E-state index is -0.179. The molecule has 160 valence electrons. The second-order valence-corrected chi connectivity index (χ2v) is 8.71. The van der Waals surface area contributed by atoms with Crippen LogP contribution in [0.3, 0.4) is 0 Å². The van der Waals surface area contributed by atoms with E-state index in [0.717, 1.165) is 42.6 Å². The molecule has 0 radical (unpaired) electrons. The van der Waals surface area contributed by atoms with Crippen molar-refractivity contribution in [3.8, 4) is 0 Å². The lowest BCUT2D eigenvalue weighted by molar-refractivity contribution is -0.121. The Hall–Kier alpha value is -2.66. The van der Waals surface area contributed by atoms with E-state index < -0.39 is 0 Å². The zero-order chi connectivity index (χ0) is 21.7. The predicted molar refractivity (Wildman–Crippen MR) is 122 cm³/mol. The number of benzene rings is 2. The van der Waals surface area contributed by atoms with Crippen LogP contribution in [0.4, 0.5) is 5.69 Å². The fourth-order valence-corrected chi connectivity index (χ4v) is 4.01. The monoisotopic (exact) mass is 407 g/mol. The summed E-state index contributed by atoms with van der Waals surface area (Å²) in [5.41, 5.74) is 4.94. The van der Waals surface area contributed by atoms with Gasteiger partial charge in [0.15, 0.2) is 0 Å². The zero-order valence-corrected chi connectivity index (χ0v) is 18.6. The van der Waals surface area contributed by atoms with Gasteiger partial charge in [-0.2, -0.15) is 0 Å². The van der Waals surface area contributed by atoms with Crippen LogP contribution >= 0.6 is 0 Å². The quantitative estimate of drug-likeness (QED) is 0.790. The first-order chi connectivity index (χ1) is 14.3. The lowest BCUT2D eigenvalue weighted by Gasteiger charge is -2.32. The van der Waals surface area contributed by atoms with E-state index in [2.05, 4.69) is 42.5 Å². The first kappa shape index (κ1) is 22.0. The van der Waals surface area contributed by atoms with Crippen molar-refractivity contribution >= 4 is 17.5 Å². The Bertz CT molecular complexity index is 870. The van der Waals surface area contributed by atoms with E-state index in [1.165, 1.54) is 5.56 Å². The van der Waals surface area contributed by atoms with Gasteiger partial charge >= 0.3 is 0 Å². The summed E-state index contributed by atoms with van der Waals surface area (Å²) in [6.07, 6.45) is 2.64. The van der Waals surface area contributed by atoms with Gasteiger partial charge in [0.2, 0.25) is 5.91 Å². The van der Waals surface area contributed by atoms with Gasteiger partial charge < -0.3 is 15.1 Å². The Kier molecular flexibility index (Phi) is 7.27. The van der Waals surface area contributed by atoms with Gasteiger partial charge in [0.25, 0.3) is 5.91 Å². The fourth-order valence-electron chi connectivity index (χ4n) is 4.01. The number of rotatable bonds is 6. The van der Waals surface area contributed by atoms with Gasteiger partial charge in [0, 0.05) is 30.9 Å². The van der Waals surface area contributed by atoms with Crippen LogP contribution in [0.5, 0.6) is 0 Å². The maximum Gasteiger partial charge on any atom is 0.253 e. The van der Waals surface area contributed by atoms with Gasteiger partial charge in [0.05, 0.1) is 5.92 Å². The number of amides is 2. The van der Waals surface area contributed by atoms with Gasteiger partial charge in [-0.25, -0.2) is 0 Å². The number of hydrogen-bond acceptors (Lipinski definition) is 3. The molecule has 1 aliphatic rings. The second-order valence-electron chi connectivity index (χ2n) is 8.71. The summed E-state index contributed by atoms with van der Waals surface area (Å²) in [7, 11) is 4.12. The molecule has 1 aliphatic heterocycles. The average Bonchev–Trinajstić information content (AvgIpc) is 2.72. The summed E-state index contributed by atoms with van der Waals surface area (Å²) in [6, 6.07) is 14.0. The Morgan fingerprint density at radius 3 is 2.37 bits per heavy atom. The predicted octanol–water partition coefficient (Wildman–Crippen LogP) is 3.90. The number of nitrogens with zero attached hydrogens (tertiary/aromatic N) is 2. The zero-order valence-electron chi connectivity index (χ0n) is 18.6. The van der Waals surface area contributed by atoms with Crippen LogP contribution in [0.25, 0.3) is 0 Å². The molecule has 0 spiro atoms. The minimum absolute atomic E-state index is 0.00559. The molecular formula is C25H33N3O2. The number of nitrogens with one attached hydrogen (secondary N) is 1. The van der Waals surface area contributed by atoms with Crippen LogP contribution in [0.2, 0.25) is 0 Å². The molecule has 2 aromatic carbocycles. The molecule has 0 aromatic heterocycles. The van der Waals surface area contributed by atoms with Crippen molar-refractivity contribution in [1.82, 2.24) is 9.80 Å². The Balaban J connectivity index is 1.59. The number of likely N-dealkylation sites (tertiary alicyclic amines) is 1. The normalized spacial score (nSPS) is 16.6. The van der Waals surface area contributed by atoms with Gasteiger partial charge in [0.1, 0.15) is 0 Å². The largest absolute Gasteiger partial charge is 0.338 e. The standard InChI is InChI=1S/C25H33N3O2/c1-18-14-19(2)16-22(15-18)25(30)28-12-5-6-21(17-28)24(29)26-23-9-7-20(8-10-23)11-13-27(3)4/h7-10,14-16,21H,5-6,11-13,17H2,1-4H3,(H,26,29). The molecule has 0 aliphatic carbocycles. The van der Waals surface area contributed by atoms with Crippen LogP contribution in [-0.4, -0.2) is 55.3 Å². The van der Waals surface area contributed by atoms with Crippen LogP contribution < -0.4 is 5.32 Å². The number of carbonyl (C=O) groups is 2. The molecule has 0 bridgehead atoms. The van der Waals surface area contributed by atoms with Crippen molar-refractivity contribution in [3.05, 3.63) is 64.7 Å². The first-order valence-electron chi connectivity index (χ1n) is 10.7. The highest BCUT2D eigenvalue weighted by Crippen LogP contribution is 2.22. The van der Waals surface area contributed by atoms with Crippen molar-refractivity contribution in [3.63, 3.8) is 0 Å². The van der Waals surface area contributed by atoms with Crippen molar-refractivity contribution in [2.75, 3.05) is 39.0 Å². The molecular weight excluding hydrogens is 374 g/mol. The van der Waals surface area contributed by atoms with E-state index in [4.69, 9.17) is 0 Å². The van der Waals surface area contributed by atoms with Crippen molar-refractivity contribution in [2.45, 2.75) is 33.1 Å². The Morgan fingerprint density at radius 1 is 1.07 bits per heavy atom. The topological polar surface area (TPSA) is 52.7 Å². The average molecular weight is 408 g/mol. The van der Waals surface area contributed by atoms with Crippen LogP contribution in [0.1, 0.15) is 39.9 Å². The highest BCUT2D eigenvalue weighted by Gasteiger charge is 2.29. The fraction of sp³-hybridized carbons (Fsp3) is 0.440.